The van der Waals surface area contributed by atoms with Crippen molar-refractivity contribution in [1.82, 2.24) is 0 Å². The number of carbonyl (C=O) groups is 1. The molecule has 0 radical (unpaired) electrons. The Morgan fingerprint density at radius 2 is 2.50 bits per heavy atom. The van der Waals surface area contributed by atoms with Gasteiger partial charge in [0.1, 0.15) is 0 Å². The number of aryl methyl sites for hydroxylation is 1. The van der Waals surface area contributed by atoms with Crippen molar-refractivity contribution in [2.45, 2.75) is 13.3 Å². The third kappa shape index (κ3) is 1.66. The van der Waals surface area contributed by atoms with Crippen molar-refractivity contribution in [1.29, 1.82) is 5.26 Å². The summed E-state index contributed by atoms with van der Waals surface area (Å²) >= 11 is 7.11. The fourth-order valence-electron chi connectivity index (χ4n) is 0.770. The molecule has 0 saturated carbocycles. The van der Waals surface area contributed by atoms with Crippen LogP contribution in [0.2, 0.25) is 5.02 Å². The zero-order valence-corrected chi connectivity index (χ0v) is 8.00. The number of rotatable bonds is 2. The number of Topliss-reactive ketones (excluding diaryl/α,β-unsaturated/α-hetero) is 1. The lowest BCUT2D eigenvalue weighted by Gasteiger charge is -1.91. The van der Waals surface area contributed by atoms with Gasteiger partial charge in [-0.1, -0.05) is 11.6 Å². The van der Waals surface area contributed by atoms with Crippen LogP contribution in [0.3, 0.4) is 0 Å². The molecular formula is C8H6ClNOS. The van der Waals surface area contributed by atoms with E-state index in [1.165, 1.54) is 11.3 Å². The number of halogens is 1. The smallest absolute Gasteiger partial charge is 0.188 e. The molecule has 0 unspecified atom stereocenters. The van der Waals surface area contributed by atoms with E-state index in [9.17, 15) is 4.79 Å². The van der Waals surface area contributed by atoms with E-state index in [0.29, 0.717) is 9.90 Å². The molecule has 0 aliphatic rings. The first-order valence-corrected chi connectivity index (χ1v) is 4.56. The van der Waals surface area contributed by atoms with Crippen molar-refractivity contribution in [3.63, 3.8) is 0 Å². The Labute approximate surface area is 79.4 Å². The molecule has 62 valence electrons. The highest BCUT2D eigenvalue weighted by Crippen LogP contribution is 2.27. The van der Waals surface area contributed by atoms with Crippen LogP contribution in [0, 0.1) is 18.3 Å². The summed E-state index contributed by atoms with van der Waals surface area (Å²) in [6.45, 7) is 1.84. The van der Waals surface area contributed by atoms with E-state index < -0.39 is 0 Å². The van der Waals surface area contributed by atoms with E-state index in [1.807, 2.05) is 12.3 Å². The number of hydrogen-bond acceptors (Lipinski definition) is 3. The Hall–Kier alpha value is -0.850. The molecule has 0 atom stereocenters. The quantitative estimate of drug-likeness (QED) is 0.688. The van der Waals surface area contributed by atoms with E-state index in [0.717, 1.165) is 5.56 Å². The summed E-state index contributed by atoms with van der Waals surface area (Å²) in [6.07, 6.45) is -0.0975. The van der Waals surface area contributed by atoms with Crippen LogP contribution >= 0.6 is 22.9 Å². The molecule has 0 fully saturated rings. The molecule has 0 saturated heterocycles. The minimum atomic E-state index is -0.194. The van der Waals surface area contributed by atoms with Crippen LogP contribution in [0.5, 0.6) is 0 Å². The van der Waals surface area contributed by atoms with E-state index in [4.69, 9.17) is 16.9 Å². The van der Waals surface area contributed by atoms with Crippen molar-refractivity contribution in [2.75, 3.05) is 0 Å². The van der Waals surface area contributed by atoms with Crippen LogP contribution in [0.1, 0.15) is 21.7 Å². The van der Waals surface area contributed by atoms with Crippen LogP contribution in [-0.2, 0) is 0 Å². The van der Waals surface area contributed by atoms with Crippen molar-refractivity contribution in [3.05, 3.63) is 20.8 Å². The molecule has 0 aromatic carbocycles. The topological polar surface area (TPSA) is 40.9 Å². The lowest BCUT2D eigenvalue weighted by molar-refractivity contribution is 0.100. The summed E-state index contributed by atoms with van der Waals surface area (Å²) in [6, 6.07) is 1.80. The molecule has 0 N–H and O–H groups in total. The molecule has 1 aromatic rings. The number of thiophene rings is 1. The zero-order valence-electron chi connectivity index (χ0n) is 6.43. The van der Waals surface area contributed by atoms with Gasteiger partial charge in [-0.25, -0.2) is 0 Å². The first-order chi connectivity index (χ1) is 5.66. The number of carbonyl (C=O) groups excluding carboxylic acids is 1. The maximum Gasteiger partial charge on any atom is 0.188 e. The number of ketones is 1. The van der Waals surface area contributed by atoms with Crippen molar-refractivity contribution >= 4 is 28.7 Å². The second-order valence-corrected chi connectivity index (χ2v) is 3.58. The van der Waals surface area contributed by atoms with E-state index >= 15 is 0 Å². The van der Waals surface area contributed by atoms with Gasteiger partial charge in [0.2, 0.25) is 0 Å². The molecule has 1 heterocycles. The fraction of sp³-hybridized carbons (Fsp3) is 0.250. The van der Waals surface area contributed by atoms with Crippen LogP contribution in [0.15, 0.2) is 5.38 Å². The van der Waals surface area contributed by atoms with Gasteiger partial charge < -0.3 is 0 Å². The molecule has 0 amide bonds. The molecule has 12 heavy (non-hydrogen) atoms. The standard InChI is InChI=1S/C8H6ClNOS/c1-5-4-12-8(7(5)9)6(11)2-3-10/h4H,2H2,1H3. The highest BCUT2D eigenvalue weighted by Gasteiger charge is 2.13. The van der Waals surface area contributed by atoms with Crippen molar-refractivity contribution in [2.24, 2.45) is 0 Å². The van der Waals surface area contributed by atoms with Gasteiger partial charge in [-0.3, -0.25) is 4.79 Å². The van der Waals surface area contributed by atoms with Gasteiger partial charge in [-0.15, -0.1) is 11.3 Å². The maximum absolute atomic E-state index is 11.2. The van der Waals surface area contributed by atoms with Crippen LogP contribution in [0.4, 0.5) is 0 Å². The minimum absolute atomic E-state index is 0.0975. The predicted octanol–water partition coefficient (Wildman–Crippen LogP) is 2.81. The average molecular weight is 200 g/mol. The van der Waals surface area contributed by atoms with Crippen LogP contribution in [-0.4, -0.2) is 5.78 Å². The lowest BCUT2D eigenvalue weighted by atomic mass is 10.2. The molecule has 0 bridgehead atoms. The Kier molecular flexibility index (Phi) is 2.85. The maximum atomic E-state index is 11.2. The Morgan fingerprint density at radius 3 is 2.92 bits per heavy atom. The Balaban J connectivity index is 2.97. The third-order valence-corrected chi connectivity index (χ3v) is 3.13. The third-order valence-electron chi connectivity index (χ3n) is 1.39. The van der Waals surface area contributed by atoms with Gasteiger partial charge >= 0.3 is 0 Å². The minimum Gasteiger partial charge on any atom is -0.292 e. The van der Waals surface area contributed by atoms with E-state index in [1.54, 1.807) is 6.07 Å². The first-order valence-electron chi connectivity index (χ1n) is 3.30. The fourth-order valence-corrected chi connectivity index (χ4v) is 2.01. The van der Waals surface area contributed by atoms with Gasteiger partial charge in [0.25, 0.3) is 0 Å². The number of hydrogen-bond donors (Lipinski definition) is 0. The molecule has 0 spiro atoms. The molecule has 1 aromatic heterocycles. The largest absolute Gasteiger partial charge is 0.292 e. The molecular weight excluding hydrogens is 194 g/mol. The van der Waals surface area contributed by atoms with Crippen molar-refractivity contribution in [3.8, 4) is 6.07 Å². The second kappa shape index (κ2) is 3.70. The van der Waals surface area contributed by atoms with Crippen molar-refractivity contribution < 1.29 is 4.79 Å². The summed E-state index contributed by atoms with van der Waals surface area (Å²) < 4.78 is 0. The summed E-state index contributed by atoms with van der Waals surface area (Å²) in [5.41, 5.74) is 0.892. The average Bonchev–Trinajstić information content (AvgIpc) is 2.34. The number of nitriles is 1. The zero-order chi connectivity index (χ0) is 9.14. The molecule has 0 aliphatic heterocycles. The van der Waals surface area contributed by atoms with Crippen LogP contribution < -0.4 is 0 Å². The summed E-state index contributed by atoms with van der Waals surface area (Å²) in [7, 11) is 0. The highest BCUT2D eigenvalue weighted by atomic mass is 35.5. The van der Waals surface area contributed by atoms with Gasteiger partial charge in [0.15, 0.2) is 5.78 Å². The van der Waals surface area contributed by atoms with E-state index in [-0.39, 0.29) is 12.2 Å². The van der Waals surface area contributed by atoms with Crippen LogP contribution in [0.25, 0.3) is 0 Å². The summed E-state index contributed by atoms with van der Waals surface area (Å²) in [5.74, 6) is -0.194. The Morgan fingerprint density at radius 1 is 1.83 bits per heavy atom. The molecule has 0 aliphatic carbocycles. The SMILES string of the molecule is Cc1csc(C(=O)CC#N)c1Cl. The first kappa shape index (κ1) is 9.24. The van der Waals surface area contributed by atoms with Gasteiger partial charge in [-0.05, 0) is 17.9 Å². The van der Waals surface area contributed by atoms with Gasteiger partial charge in [0, 0.05) is 0 Å². The molecule has 1 rings (SSSR count). The second-order valence-electron chi connectivity index (χ2n) is 2.32. The molecule has 4 heteroatoms. The highest BCUT2D eigenvalue weighted by molar-refractivity contribution is 7.13. The van der Waals surface area contributed by atoms with Gasteiger partial charge in [-0.2, -0.15) is 5.26 Å². The Bertz CT molecular complexity index is 350. The van der Waals surface area contributed by atoms with E-state index in [2.05, 4.69) is 0 Å². The normalized spacial score (nSPS) is 9.42. The summed E-state index contributed by atoms with van der Waals surface area (Å²) in [4.78, 5) is 11.7. The van der Waals surface area contributed by atoms with Gasteiger partial charge in [0.05, 0.1) is 22.4 Å². The predicted molar refractivity (Wildman–Crippen MR) is 48.6 cm³/mol. The molecule has 2 nitrogen and oxygen atoms in total. The number of nitrogens with zero attached hydrogens (tertiary/aromatic N) is 1. The lowest BCUT2D eigenvalue weighted by Crippen LogP contribution is -1.93. The summed E-state index contributed by atoms with van der Waals surface area (Å²) in [5, 5.41) is 10.6. The monoisotopic (exact) mass is 199 g/mol.